The summed E-state index contributed by atoms with van der Waals surface area (Å²) in [7, 11) is 0. The summed E-state index contributed by atoms with van der Waals surface area (Å²) in [6.45, 7) is 5.23. The number of hydrazone groups is 1. The van der Waals surface area contributed by atoms with Crippen LogP contribution in [-0.4, -0.2) is 104 Å². The van der Waals surface area contributed by atoms with Crippen LogP contribution in [0.2, 0.25) is 0 Å². The van der Waals surface area contributed by atoms with Gasteiger partial charge in [-0.1, -0.05) is 11.0 Å². The van der Waals surface area contributed by atoms with Crippen molar-refractivity contribution in [3.8, 4) is 5.69 Å². The molecule has 1 N–H and O–H groups in total. The molecule has 1 aromatic heterocycles. The van der Waals surface area contributed by atoms with Gasteiger partial charge in [-0.3, -0.25) is 4.90 Å². The number of nitrogens with zero attached hydrogens (tertiary/aromatic N) is 9. The highest BCUT2D eigenvalue weighted by Gasteiger charge is 2.49. The third-order valence-corrected chi connectivity index (χ3v) is 7.39. The largest absolute Gasteiger partial charge is 0.548 e. The Labute approximate surface area is 245 Å². The molecular formula is C27H30F2N9O5+. The van der Waals surface area contributed by atoms with Crippen LogP contribution in [0.5, 0.6) is 0 Å². The standard InChI is InChI=1S/C27H30F2N9O5/c1-4-42-26(40)43-19(3)34-16-31-35(17-34)14-27(41,23-10-5-20(28)13-24(23)29)18(2)36-11-12-37(25(36)39)21-6-8-22(9-7-21)38-15-30-32-33-38/h5-10,13,15,18-19,41H,4,11-12,14,17H2,1-3H3/q+1/t18-,19?,27+/m1/s1. The second-order valence-electron chi connectivity index (χ2n) is 10.00. The molecule has 0 spiro atoms. The number of hydrogen-bond acceptors (Lipinski definition) is 11. The highest BCUT2D eigenvalue weighted by Crippen LogP contribution is 2.35. The van der Waals surface area contributed by atoms with Crippen molar-refractivity contribution in [2.45, 2.75) is 38.6 Å². The zero-order chi connectivity index (χ0) is 30.7. The van der Waals surface area contributed by atoms with Crippen LogP contribution in [0.25, 0.3) is 5.69 Å². The van der Waals surface area contributed by atoms with Crippen LogP contribution in [0.1, 0.15) is 26.3 Å². The number of carbonyl (C=O) groups is 2. The molecule has 1 fully saturated rings. The van der Waals surface area contributed by atoms with Crippen molar-refractivity contribution >= 4 is 24.2 Å². The van der Waals surface area contributed by atoms with Crippen molar-refractivity contribution in [1.29, 1.82) is 0 Å². The Balaban J connectivity index is 1.35. The minimum Gasteiger partial charge on any atom is -0.435 e. The summed E-state index contributed by atoms with van der Waals surface area (Å²) in [6, 6.07) is 8.51. The lowest BCUT2D eigenvalue weighted by atomic mass is 9.85. The zero-order valence-corrected chi connectivity index (χ0v) is 23.7. The predicted octanol–water partition coefficient (Wildman–Crippen LogP) is 2.37. The van der Waals surface area contributed by atoms with E-state index in [2.05, 4.69) is 27.0 Å². The summed E-state index contributed by atoms with van der Waals surface area (Å²) in [5, 5.41) is 28.8. The molecule has 2 aliphatic rings. The number of ether oxygens (including phenoxy) is 2. The van der Waals surface area contributed by atoms with E-state index in [1.54, 1.807) is 49.9 Å². The smallest absolute Gasteiger partial charge is 0.435 e. The van der Waals surface area contributed by atoms with E-state index >= 15 is 4.39 Å². The van der Waals surface area contributed by atoms with Gasteiger partial charge in [0, 0.05) is 30.4 Å². The minimum atomic E-state index is -2.04. The van der Waals surface area contributed by atoms with E-state index in [1.165, 1.54) is 25.8 Å². The van der Waals surface area contributed by atoms with E-state index in [0.29, 0.717) is 24.0 Å². The Morgan fingerprint density at radius 2 is 1.88 bits per heavy atom. The molecule has 0 aliphatic carbocycles. The lowest BCUT2D eigenvalue weighted by Gasteiger charge is -2.40. The van der Waals surface area contributed by atoms with Crippen molar-refractivity contribution in [2.24, 2.45) is 5.10 Å². The minimum absolute atomic E-state index is 0.0200. The van der Waals surface area contributed by atoms with Gasteiger partial charge in [0.2, 0.25) is 6.23 Å². The Morgan fingerprint density at radius 3 is 2.56 bits per heavy atom. The number of aliphatic hydroxyl groups is 1. The van der Waals surface area contributed by atoms with Gasteiger partial charge < -0.3 is 19.5 Å². The number of halogens is 2. The van der Waals surface area contributed by atoms with E-state index in [0.717, 1.165) is 12.1 Å². The molecule has 2 aliphatic heterocycles. The van der Waals surface area contributed by atoms with Crippen molar-refractivity contribution < 1.29 is 33.0 Å². The van der Waals surface area contributed by atoms with E-state index in [9.17, 15) is 19.1 Å². The van der Waals surface area contributed by atoms with Gasteiger partial charge in [-0.25, -0.2) is 28.1 Å². The summed E-state index contributed by atoms with van der Waals surface area (Å²) < 4.78 is 40.5. The molecule has 3 atom stereocenters. The van der Waals surface area contributed by atoms with Crippen molar-refractivity contribution in [2.75, 3.05) is 37.8 Å². The first-order valence-electron chi connectivity index (χ1n) is 13.5. The number of urea groups is 1. The number of tetrazole rings is 1. The van der Waals surface area contributed by atoms with Gasteiger partial charge in [0.25, 0.3) is 0 Å². The summed E-state index contributed by atoms with van der Waals surface area (Å²) >= 11 is 0. The normalized spacial score (nSPS) is 17.6. The molecule has 1 saturated heterocycles. The third kappa shape index (κ3) is 6.01. The third-order valence-electron chi connectivity index (χ3n) is 7.39. The fraction of sp³-hybridized carbons (Fsp3) is 0.407. The maximum atomic E-state index is 15.2. The second kappa shape index (κ2) is 12.1. The number of hydrogen-bond donors (Lipinski definition) is 1. The number of amides is 2. The lowest BCUT2D eigenvalue weighted by Crippen LogP contribution is -2.55. The number of β-amino-alcohol motifs (C(OH)–C–C–N with tert-alkyl or cyclic N) is 1. The number of carbonyl (C=O) groups excluding carboxylic acids is 2. The maximum absolute atomic E-state index is 15.2. The molecule has 3 heterocycles. The van der Waals surface area contributed by atoms with Gasteiger partial charge in [-0.15, -0.1) is 5.10 Å². The Bertz CT molecular complexity index is 1480. The molecule has 0 bridgehead atoms. The topological polar surface area (TPSA) is 142 Å². The average Bonchev–Trinajstić information content (AvgIpc) is 3.75. The van der Waals surface area contributed by atoms with E-state index in [-0.39, 0.29) is 31.9 Å². The Morgan fingerprint density at radius 1 is 1.14 bits per heavy atom. The molecule has 226 valence electrons. The van der Waals surface area contributed by atoms with Gasteiger partial charge in [-0.05, 0) is 61.5 Å². The zero-order valence-electron chi connectivity index (χ0n) is 23.7. The first-order valence-corrected chi connectivity index (χ1v) is 13.5. The van der Waals surface area contributed by atoms with Crippen LogP contribution in [0, 0.1) is 11.6 Å². The SMILES string of the molecule is CCOC(=O)OC(C)N1[C+]=NN(C[C@@](O)(c2ccc(F)cc2F)[C@@H](C)N2CCN(c3ccc(-n4cnnn4)cc3)C2=O)C1. The number of aromatic nitrogens is 4. The number of benzene rings is 2. The van der Waals surface area contributed by atoms with Crippen LogP contribution in [0.3, 0.4) is 0 Å². The molecule has 3 aromatic rings. The molecule has 0 saturated carbocycles. The molecule has 1 unspecified atom stereocenters. The molecule has 5 rings (SSSR count). The monoisotopic (exact) mass is 598 g/mol. The van der Waals surface area contributed by atoms with E-state index in [1.807, 2.05) is 0 Å². The first-order chi connectivity index (χ1) is 20.6. The molecule has 2 amide bonds. The van der Waals surface area contributed by atoms with Crippen LogP contribution in [-0.2, 0) is 15.1 Å². The van der Waals surface area contributed by atoms with E-state index < -0.39 is 41.7 Å². The summed E-state index contributed by atoms with van der Waals surface area (Å²) in [4.78, 5) is 29.8. The van der Waals surface area contributed by atoms with Gasteiger partial charge in [0.15, 0.2) is 6.67 Å². The fourth-order valence-electron chi connectivity index (χ4n) is 5.03. The molecule has 2 aromatic carbocycles. The van der Waals surface area contributed by atoms with Gasteiger partial charge in [0.05, 0.1) is 24.9 Å². The van der Waals surface area contributed by atoms with Crippen molar-refractivity contribution in [3.63, 3.8) is 0 Å². The quantitative estimate of drug-likeness (QED) is 0.273. The lowest BCUT2D eigenvalue weighted by molar-refractivity contribution is -0.0658. The summed E-state index contributed by atoms with van der Waals surface area (Å²) in [5.74, 6) is -1.78. The highest BCUT2D eigenvalue weighted by molar-refractivity contribution is 5.94. The Kier molecular flexibility index (Phi) is 8.32. The predicted molar refractivity (Wildman–Crippen MR) is 147 cm³/mol. The van der Waals surface area contributed by atoms with Gasteiger partial charge in [0.1, 0.15) is 28.7 Å². The maximum Gasteiger partial charge on any atom is 0.548 e. The summed E-state index contributed by atoms with van der Waals surface area (Å²) in [5.41, 5.74) is -0.938. The van der Waals surface area contributed by atoms with Crippen LogP contribution in [0.15, 0.2) is 53.9 Å². The first kappa shape index (κ1) is 29.5. The van der Waals surface area contributed by atoms with Crippen molar-refractivity contribution in [3.05, 3.63) is 66.0 Å². The van der Waals surface area contributed by atoms with Crippen LogP contribution < -0.4 is 4.90 Å². The van der Waals surface area contributed by atoms with Crippen LogP contribution in [0.4, 0.5) is 24.1 Å². The highest BCUT2D eigenvalue weighted by atomic mass is 19.1. The Hall–Kier alpha value is -4.95. The molecule has 43 heavy (non-hydrogen) atoms. The van der Waals surface area contributed by atoms with Crippen molar-refractivity contribution in [1.82, 2.24) is 35.0 Å². The van der Waals surface area contributed by atoms with E-state index in [4.69, 9.17) is 9.47 Å². The van der Waals surface area contributed by atoms with Gasteiger partial charge >= 0.3 is 18.5 Å². The number of anilines is 1. The van der Waals surface area contributed by atoms with Crippen LogP contribution >= 0.6 is 0 Å². The average molecular weight is 599 g/mol. The second-order valence-corrected chi connectivity index (χ2v) is 10.00. The number of rotatable bonds is 10. The van der Waals surface area contributed by atoms with Gasteiger partial charge in [-0.2, -0.15) is 0 Å². The molecule has 0 radical (unpaired) electrons. The summed E-state index contributed by atoms with van der Waals surface area (Å²) in [6.07, 6.45) is 2.48. The molecular weight excluding hydrogens is 568 g/mol. The molecule has 14 nitrogen and oxygen atoms in total. The fourth-order valence-corrected chi connectivity index (χ4v) is 5.03. The molecule has 16 heteroatoms.